The molecule has 6 heteroatoms. The molecule has 1 aromatic heterocycles. The average Bonchev–Trinajstić information content (AvgIpc) is 3.48. The van der Waals surface area contributed by atoms with Gasteiger partial charge in [-0.25, -0.2) is 9.37 Å². The number of nitrogens with zero attached hydrogens (tertiary/aromatic N) is 3. The van der Waals surface area contributed by atoms with Crippen molar-refractivity contribution < 1.29 is 4.39 Å². The molecule has 2 aromatic rings. The van der Waals surface area contributed by atoms with Gasteiger partial charge < -0.3 is 15.5 Å². The number of rotatable bonds is 5. The topological polar surface area (TPSA) is 52.6 Å². The number of aromatic nitrogens is 1. The Hall–Kier alpha value is -2.63. The van der Waals surface area contributed by atoms with Gasteiger partial charge in [0.1, 0.15) is 11.6 Å². The Balaban J connectivity index is 1.29. The summed E-state index contributed by atoms with van der Waals surface area (Å²) in [6.07, 6.45) is 4.96. The average molecular weight is 396 g/mol. The third-order valence-corrected chi connectivity index (χ3v) is 5.79. The minimum atomic E-state index is -0.110. The Bertz CT molecular complexity index is 843. The van der Waals surface area contributed by atoms with E-state index in [0.29, 0.717) is 6.04 Å². The molecule has 2 N–H and O–H groups in total. The smallest absolute Gasteiger partial charge is 0.191 e. The highest BCUT2D eigenvalue weighted by Gasteiger charge is 2.40. The first-order chi connectivity index (χ1) is 14.1. The van der Waals surface area contributed by atoms with Crippen molar-refractivity contribution in [1.29, 1.82) is 0 Å². The van der Waals surface area contributed by atoms with Gasteiger partial charge in [0.15, 0.2) is 5.96 Å². The highest BCUT2D eigenvalue weighted by molar-refractivity contribution is 5.81. The molecule has 0 spiro atoms. The van der Waals surface area contributed by atoms with E-state index in [1.807, 2.05) is 25.3 Å². The van der Waals surface area contributed by atoms with Gasteiger partial charge >= 0.3 is 0 Å². The summed E-state index contributed by atoms with van der Waals surface area (Å²) in [6, 6.07) is 11.9. The van der Waals surface area contributed by atoms with Crippen LogP contribution in [-0.2, 0) is 0 Å². The van der Waals surface area contributed by atoms with Gasteiger partial charge in [-0.3, -0.25) is 4.99 Å². The zero-order chi connectivity index (χ0) is 20.2. The van der Waals surface area contributed by atoms with Crippen LogP contribution >= 0.6 is 0 Å². The van der Waals surface area contributed by atoms with Crippen molar-refractivity contribution in [3.63, 3.8) is 0 Å². The number of pyridine rings is 1. The highest BCUT2D eigenvalue weighted by atomic mass is 19.1. The SMILES string of the molecule is CCN=C(NC1CCN(c2ccc(C)cn2)CC1)NC1CC1c1ccccc1F. The Morgan fingerprint density at radius 2 is 1.97 bits per heavy atom. The molecular formula is C23H30FN5. The molecule has 1 saturated heterocycles. The van der Waals surface area contributed by atoms with E-state index in [-0.39, 0.29) is 17.8 Å². The van der Waals surface area contributed by atoms with Gasteiger partial charge in [-0.1, -0.05) is 24.3 Å². The van der Waals surface area contributed by atoms with Crippen molar-refractivity contribution >= 4 is 11.8 Å². The van der Waals surface area contributed by atoms with Crippen molar-refractivity contribution in [2.24, 2.45) is 4.99 Å². The second-order valence-corrected chi connectivity index (χ2v) is 8.04. The molecule has 2 aliphatic rings. The largest absolute Gasteiger partial charge is 0.356 e. The van der Waals surface area contributed by atoms with Crippen LogP contribution in [-0.4, -0.2) is 42.7 Å². The lowest BCUT2D eigenvalue weighted by atomic mass is 10.1. The second-order valence-electron chi connectivity index (χ2n) is 8.04. The van der Waals surface area contributed by atoms with Gasteiger partial charge in [0.25, 0.3) is 0 Å². The summed E-state index contributed by atoms with van der Waals surface area (Å²) in [5.74, 6) is 2.03. The molecule has 154 valence electrons. The third-order valence-electron chi connectivity index (χ3n) is 5.79. The zero-order valence-electron chi connectivity index (χ0n) is 17.2. The molecule has 0 bridgehead atoms. The van der Waals surface area contributed by atoms with Gasteiger partial charge in [-0.15, -0.1) is 0 Å². The lowest BCUT2D eigenvalue weighted by Crippen LogP contribution is -2.49. The quantitative estimate of drug-likeness (QED) is 0.600. The second kappa shape index (κ2) is 8.80. The Morgan fingerprint density at radius 3 is 2.66 bits per heavy atom. The summed E-state index contributed by atoms with van der Waals surface area (Å²) in [6.45, 7) is 6.78. The van der Waals surface area contributed by atoms with Crippen LogP contribution in [0.15, 0.2) is 47.6 Å². The van der Waals surface area contributed by atoms with Crippen LogP contribution in [0.25, 0.3) is 0 Å². The summed E-state index contributed by atoms with van der Waals surface area (Å²) in [4.78, 5) is 11.5. The molecule has 2 unspecified atom stereocenters. The van der Waals surface area contributed by atoms with Crippen LogP contribution < -0.4 is 15.5 Å². The molecule has 4 rings (SSSR count). The minimum Gasteiger partial charge on any atom is -0.356 e. The lowest BCUT2D eigenvalue weighted by molar-refractivity contribution is 0.459. The Labute approximate surface area is 172 Å². The van der Waals surface area contributed by atoms with Crippen LogP contribution in [0.4, 0.5) is 10.2 Å². The number of guanidine groups is 1. The summed E-state index contributed by atoms with van der Waals surface area (Å²) >= 11 is 0. The van der Waals surface area contributed by atoms with E-state index >= 15 is 0 Å². The molecule has 29 heavy (non-hydrogen) atoms. The zero-order valence-corrected chi connectivity index (χ0v) is 17.2. The fourth-order valence-corrected chi connectivity index (χ4v) is 4.03. The van der Waals surface area contributed by atoms with Gasteiger partial charge in [0.05, 0.1) is 0 Å². The first-order valence-corrected chi connectivity index (χ1v) is 10.6. The van der Waals surface area contributed by atoms with Crippen molar-refractivity contribution in [2.45, 2.75) is 51.1 Å². The molecule has 5 nitrogen and oxygen atoms in total. The molecule has 2 atom stereocenters. The van der Waals surface area contributed by atoms with E-state index in [4.69, 9.17) is 0 Å². The van der Waals surface area contributed by atoms with E-state index in [1.165, 1.54) is 5.56 Å². The number of aliphatic imine (C=N–C) groups is 1. The maximum atomic E-state index is 14.0. The number of hydrogen-bond donors (Lipinski definition) is 2. The van der Waals surface area contributed by atoms with E-state index in [2.05, 4.69) is 44.6 Å². The standard InChI is InChI=1S/C23H30FN5/c1-3-25-23(28-21-14-19(21)18-6-4-5-7-20(18)24)27-17-10-12-29(13-11-17)22-9-8-16(2)15-26-22/h4-9,15,17,19,21H,3,10-14H2,1-2H3,(H2,25,27,28). The molecule has 0 amide bonds. The molecule has 1 aromatic carbocycles. The number of aryl methyl sites for hydroxylation is 1. The van der Waals surface area contributed by atoms with Gasteiger partial charge in [0.2, 0.25) is 0 Å². The van der Waals surface area contributed by atoms with Crippen molar-refractivity contribution in [3.8, 4) is 0 Å². The van der Waals surface area contributed by atoms with Gasteiger partial charge in [-0.05, 0) is 56.4 Å². The lowest BCUT2D eigenvalue weighted by Gasteiger charge is -2.34. The number of piperidine rings is 1. The molecule has 2 fully saturated rings. The minimum absolute atomic E-state index is 0.110. The fourth-order valence-electron chi connectivity index (χ4n) is 4.03. The summed E-state index contributed by atoms with van der Waals surface area (Å²) in [5, 5.41) is 7.10. The third kappa shape index (κ3) is 4.86. The normalized spacial score (nSPS) is 22.4. The first-order valence-electron chi connectivity index (χ1n) is 10.6. The van der Waals surface area contributed by atoms with Crippen LogP contribution in [0.5, 0.6) is 0 Å². The van der Waals surface area contributed by atoms with Crippen LogP contribution in [0.3, 0.4) is 0 Å². The fraction of sp³-hybridized carbons (Fsp3) is 0.478. The molecular weight excluding hydrogens is 365 g/mol. The summed E-state index contributed by atoms with van der Waals surface area (Å²) in [7, 11) is 0. The Morgan fingerprint density at radius 1 is 1.17 bits per heavy atom. The maximum Gasteiger partial charge on any atom is 0.191 e. The molecule has 1 aliphatic carbocycles. The molecule has 2 heterocycles. The highest BCUT2D eigenvalue weighted by Crippen LogP contribution is 2.41. The van der Waals surface area contributed by atoms with Crippen LogP contribution in [0.1, 0.15) is 43.2 Å². The van der Waals surface area contributed by atoms with Gasteiger partial charge in [0, 0.05) is 43.8 Å². The van der Waals surface area contributed by atoms with Crippen molar-refractivity contribution in [2.75, 3.05) is 24.5 Å². The summed E-state index contributed by atoms with van der Waals surface area (Å²) < 4.78 is 14.0. The van der Waals surface area contributed by atoms with Crippen molar-refractivity contribution in [1.82, 2.24) is 15.6 Å². The molecule has 1 aliphatic heterocycles. The number of hydrogen-bond acceptors (Lipinski definition) is 3. The predicted octanol–water partition coefficient (Wildman–Crippen LogP) is 3.61. The number of anilines is 1. The van der Waals surface area contributed by atoms with Crippen LogP contribution in [0, 0.1) is 12.7 Å². The number of halogens is 1. The molecule has 0 radical (unpaired) electrons. The van der Waals surface area contributed by atoms with E-state index in [0.717, 1.165) is 56.2 Å². The number of benzene rings is 1. The van der Waals surface area contributed by atoms with E-state index < -0.39 is 0 Å². The molecule has 1 saturated carbocycles. The monoisotopic (exact) mass is 395 g/mol. The first kappa shape index (κ1) is 19.7. The maximum absolute atomic E-state index is 14.0. The van der Waals surface area contributed by atoms with Crippen molar-refractivity contribution in [3.05, 3.63) is 59.5 Å². The van der Waals surface area contributed by atoms with E-state index in [1.54, 1.807) is 12.1 Å². The number of nitrogens with one attached hydrogen (secondary N) is 2. The summed E-state index contributed by atoms with van der Waals surface area (Å²) in [5.41, 5.74) is 1.99. The van der Waals surface area contributed by atoms with E-state index in [9.17, 15) is 4.39 Å². The predicted molar refractivity (Wildman–Crippen MR) is 116 cm³/mol. The Kier molecular flexibility index (Phi) is 5.97. The van der Waals surface area contributed by atoms with Gasteiger partial charge in [-0.2, -0.15) is 0 Å². The van der Waals surface area contributed by atoms with Crippen LogP contribution in [0.2, 0.25) is 0 Å².